The Labute approximate surface area is 123 Å². The predicted octanol–water partition coefficient (Wildman–Crippen LogP) is 2.02. The monoisotopic (exact) mass is 288 g/mol. The molecule has 0 aromatic rings. The van der Waals surface area contributed by atoms with Crippen LogP contribution in [0, 0.1) is 0 Å². The van der Waals surface area contributed by atoms with Crippen molar-refractivity contribution in [3.8, 4) is 0 Å². The maximum absolute atomic E-state index is 4.24. The van der Waals surface area contributed by atoms with E-state index in [2.05, 4.69) is 47.6 Å². The Balaban J connectivity index is 3.70. The van der Waals surface area contributed by atoms with Crippen LogP contribution < -0.4 is 10.6 Å². The Morgan fingerprint density at radius 2 is 1.89 bits per heavy atom. The Kier molecular flexibility index (Phi) is 12.3. The number of nitrogens with zero attached hydrogens (tertiary/aromatic N) is 2. The van der Waals surface area contributed by atoms with Gasteiger partial charge in [0, 0.05) is 32.7 Å². The molecule has 0 bridgehead atoms. The van der Waals surface area contributed by atoms with Crippen molar-refractivity contribution in [2.24, 2.45) is 4.99 Å². The van der Waals surface area contributed by atoms with E-state index in [1.54, 1.807) is 0 Å². The summed E-state index contributed by atoms with van der Waals surface area (Å²) in [5.74, 6) is 2.16. The summed E-state index contributed by atoms with van der Waals surface area (Å²) in [6, 6.07) is 0.605. The highest BCUT2D eigenvalue weighted by molar-refractivity contribution is 7.98. The van der Waals surface area contributed by atoms with E-state index >= 15 is 0 Å². The summed E-state index contributed by atoms with van der Waals surface area (Å²) in [5.41, 5.74) is 0. The zero-order chi connectivity index (χ0) is 14.5. The fraction of sp³-hybridized carbons (Fsp3) is 0.929. The summed E-state index contributed by atoms with van der Waals surface area (Å²) in [6.45, 7) is 10.8. The van der Waals surface area contributed by atoms with Crippen molar-refractivity contribution in [3.05, 3.63) is 0 Å². The van der Waals surface area contributed by atoms with Gasteiger partial charge in [-0.2, -0.15) is 11.8 Å². The van der Waals surface area contributed by atoms with Crippen molar-refractivity contribution < 1.29 is 0 Å². The predicted molar refractivity (Wildman–Crippen MR) is 89.4 cm³/mol. The van der Waals surface area contributed by atoms with Gasteiger partial charge in [-0.15, -0.1) is 0 Å². The minimum absolute atomic E-state index is 0.605. The molecule has 0 radical (unpaired) electrons. The van der Waals surface area contributed by atoms with Crippen molar-refractivity contribution in [1.29, 1.82) is 0 Å². The van der Waals surface area contributed by atoms with E-state index in [4.69, 9.17) is 0 Å². The van der Waals surface area contributed by atoms with Crippen LogP contribution in [-0.4, -0.2) is 62.1 Å². The Morgan fingerprint density at radius 3 is 2.42 bits per heavy atom. The van der Waals surface area contributed by atoms with Gasteiger partial charge in [-0.05, 0) is 45.2 Å². The molecule has 0 aliphatic rings. The normalized spacial score (nSPS) is 12.3. The largest absolute Gasteiger partial charge is 0.356 e. The molecule has 0 heterocycles. The van der Waals surface area contributed by atoms with Gasteiger partial charge < -0.3 is 10.6 Å². The molecule has 114 valence electrons. The number of hydrogen-bond donors (Lipinski definition) is 2. The Hall–Kier alpha value is -0.420. The molecule has 0 spiro atoms. The number of rotatable bonds is 10. The smallest absolute Gasteiger partial charge is 0.191 e. The van der Waals surface area contributed by atoms with Crippen LogP contribution in [0.4, 0.5) is 0 Å². The lowest BCUT2D eigenvalue weighted by Crippen LogP contribution is -2.43. The lowest BCUT2D eigenvalue weighted by atomic mass is 10.3. The number of likely N-dealkylation sites (N-methyl/N-ethyl adjacent to an activating group) is 1. The van der Waals surface area contributed by atoms with Crippen LogP contribution in [0.2, 0.25) is 0 Å². The van der Waals surface area contributed by atoms with Crippen LogP contribution in [0.3, 0.4) is 0 Å². The molecule has 0 amide bonds. The number of nitrogens with one attached hydrogen (secondary N) is 2. The van der Waals surface area contributed by atoms with Crippen molar-refractivity contribution in [2.75, 3.05) is 45.2 Å². The molecule has 0 aliphatic heterocycles. The zero-order valence-electron chi connectivity index (χ0n) is 13.3. The van der Waals surface area contributed by atoms with Crippen molar-refractivity contribution in [2.45, 2.75) is 39.7 Å². The summed E-state index contributed by atoms with van der Waals surface area (Å²) >= 11 is 1.91. The first kappa shape index (κ1) is 18.6. The molecule has 0 atom stereocenters. The van der Waals surface area contributed by atoms with Gasteiger partial charge in [0.15, 0.2) is 5.96 Å². The van der Waals surface area contributed by atoms with Crippen LogP contribution in [0.5, 0.6) is 0 Å². The zero-order valence-corrected chi connectivity index (χ0v) is 14.1. The molecule has 0 saturated carbocycles. The fourth-order valence-corrected chi connectivity index (χ4v) is 2.39. The number of thioether (sulfide) groups is 1. The summed E-state index contributed by atoms with van der Waals surface area (Å²) < 4.78 is 0. The SMILES string of the molecule is CCN(CCNC(=NC)NCCCCSC)C(C)C. The molecule has 0 saturated heterocycles. The van der Waals surface area contributed by atoms with Gasteiger partial charge in [0.05, 0.1) is 0 Å². The molecule has 0 aromatic carbocycles. The molecule has 0 aromatic heterocycles. The van der Waals surface area contributed by atoms with Crippen LogP contribution in [0.1, 0.15) is 33.6 Å². The van der Waals surface area contributed by atoms with Crippen LogP contribution in [0.15, 0.2) is 4.99 Å². The van der Waals surface area contributed by atoms with E-state index in [0.29, 0.717) is 6.04 Å². The maximum atomic E-state index is 4.24. The third kappa shape index (κ3) is 10.1. The number of aliphatic imine (C=N–C) groups is 1. The summed E-state index contributed by atoms with van der Waals surface area (Å²) in [4.78, 5) is 6.69. The van der Waals surface area contributed by atoms with Gasteiger partial charge in [0.25, 0.3) is 0 Å². The van der Waals surface area contributed by atoms with Gasteiger partial charge in [-0.3, -0.25) is 9.89 Å². The molecule has 2 N–H and O–H groups in total. The van der Waals surface area contributed by atoms with Crippen LogP contribution >= 0.6 is 11.8 Å². The van der Waals surface area contributed by atoms with Gasteiger partial charge in [-0.25, -0.2) is 0 Å². The van der Waals surface area contributed by atoms with Crippen LogP contribution in [-0.2, 0) is 0 Å². The minimum Gasteiger partial charge on any atom is -0.356 e. The van der Waals surface area contributed by atoms with E-state index in [-0.39, 0.29) is 0 Å². The maximum Gasteiger partial charge on any atom is 0.191 e. The average molecular weight is 289 g/mol. The molecule has 19 heavy (non-hydrogen) atoms. The van der Waals surface area contributed by atoms with Gasteiger partial charge in [0.1, 0.15) is 0 Å². The Morgan fingerprint density at radius 1 is 1.21 bits per heavy atom. The highest BCUT2D eigenvalue weighted by Gasteiger charge is 2.06. The summed E-state index contributed by atoms with van der Waals surface area (Å²) in [7, 11) is 1.83. The fourth-order valence-electron chi connectivity index (χ4n) is 1.90. The second-order valence-electron chi connectivity index (χ2n) is 4.85. The van der Waals surface area contributed by atoms with E-state index in [1.165, 1.54) is 18.6 Å². The molecule has 0 aliphatic carbocycles. The third-order valence-corrected chi connectivity index (χ3v) is 3.82. The quantitative estimate of drug-likeness (QED) is 0.366. The third-order valence-electron chi connectivity index (χ3n) is 3.12. The molecule has 4 nitrogen and oxygen atoms in total. The van der Waals surface area contributed by atoms with E-state index in [0.717, 1.165) is 32.1 Å². The highest BCUT2D eigenvalue weighted by atomic mass is 32.2. The second kappa shape index (κ2) is 12.6. The number of guanidine groups is 1. The van der Waals surface area contributed by atoms with Crippen molar-refractivity contribution in [3.63, 3.8) is 0 Å². The lowest BCUT2D eigenvalue weighted by Gasteiger charge is -2.25. The molecule has 5 heteroatoms. The second-order valence-corrected chi connectivity index (χ2v) is 5.83. The topological polar surface area (TPSA) is 39.7 Å². The first-order chi connectivity index (χ1) is 9.15. The van der Waals surface area contributed by atoms with E-state index in [1.807, 2.05) is 18.8 Å². The van der Waals surface area contributed by atoms with Gasteiger partial charge in [0.2, 0.25) is 0 Å². The number of hydrogen-bond acceptors (Lipinski definition) is 3. The molecular formula is C14H32N4S. The lowest BCUT2D eigenvalue weighted by molar-refractivity contribution is 0.237. The standard InChI is InChI=1S/C14H32N4S/c1-6-18(13(2)3)11-10-17-14(15-4)16-9-7-8-12-19-5/h13H,6-12H2,1-5H3,(H2,15,16,17). The highest BCUT2D eigenvalue weighted by Crippen LogP contribution is 1.98. The van der Waals surface area contributed by atoms with Crippen LogP contribution in [0.25, 0.3) is 0 Å². The van der Waals surface area contributed by atoms with E-state index in [9.17, 15) is 0 Å². The van der Waals surface area contributed by atoms with E-state index < -0.39 is 0 Å². The van der Waals surface area contributed by atoms with Gasteiger partial charge >= 0.3 is 0 Å². The average Bonchev–Trinajstić information content (AvgIpc) is 2.40. The first-order valence-corrected chi connectivity index (χ1v) is 8.72. The molecular weight excluding hydrogens is 256 g/mol. The summed E-state index contributed by atoms with van der Waals surface area (Å²) in [5, 5.41) is 6.73. The molecule has 0 rings (SSSR count). The van der Waals surface area contributed by atoms with Crippen molar-refractivity contribution in [1.82, 2.24) is 15.5 Å². The minimum atomic E-state index is 0.605. The molecule has 0 unspecified atom stereocenters. The summed E-state index contributed by atoms with van der Waals surface area (Å²) in [6.07, 6.45) is 4.62. The van der Waals surface area contributed by atoms with Gasteiger partial charge in [-0.1, -0.05) is 6.92 Å². The number of unbranched alkanes of at least 4 members (excludes halogenated alkanes) is 1. The van der Waals surface area contributed by atoms with Crippen molar-refractivity contribution >= 4 is 17.7 Å². The Bertz CT molecular complexity index is 231. The first-order valence-electron chi connectivity index (χ1n) is 7.33. The molecule has 0 fully saturated rings.